The normalized spacial score (nSPS) is 10.9. The van der Waals surface area contributed by atoms with Gasteiger partial charge in [-0.05, 0) is 24.3 Å². The molecule has 0 saturated carbocycles. The van der Waals surface area contributed by atoms with Crippen molar-refractivity contribution in [3.8, 4) is 0 Å². The zero-order valence-corrected chi connectivity index (χ0v) is 9.50. The number of nitrogens with zero attached hydrogens (tertiary/aromatic N) is 1. The van der Waals surface area contributed by atoms with Crippen LogP contribution >= 0.6 is 0 Å². The largest absolute Gasteiger partial charge is 0.276 e. The van der Waals surface area contributed by atoms with Gasteiger partial charge in [0, 0.05) is 6.07 Å². The van der Waals surface area contributed by atoms with E-state index < -0.39 is 23.3 Å². The van der Waals surface area contributed by atoms with Crippen LogP contribution in [-0.4, -0.2) is 6.21 Å². The minimum Gasteiger partial charge on any atom is -0.276 e. The van der Waals surface area contributed by atoms with Crippen LogP contribution in [-0.2, 0) is 0 Å². The lowest BCUT2D eigenvalue weighted by molar-refractivity contribution is 0.580. The lowest BCUT2D eigenvalue weighted by atomic mass is 10.2. The van der Waals surface area contributed by atoms with E-state index >= 15 is 0 Å². The molecule has 19 heavy (non-hydrogen) atoms. The second-order valence-corrected chi connectivity index (χ2v) is 3.63. The first kappa shape index (κ1) is 13.1. The van der Waals surface area contributed by atoms with E-state index in [9.17, 15) is 17.6 Å². The maximum Gasteiger partial charge on any atom is 0.151 e. The van der Waals surface area contributed by atoms with Gasteiger partial charge in [0.15, 0.2) is 5.82 Å². The fraction of sp³-hybridized carbons (Fsp3) is 0. The molecule has 0 heterocycles. The van der Waals surface area contributed by atoms with Crippen LogP contribution in [0.1, 0.15) is 5.56 Å². The minimum absolute atomic E-state index is 0.102. The monoisotopic (exact) mass is 268 g/mol. The number of nitrogens with one attached hydrogen (secondary N) is 1. The molecule has 6 heteroatoms. The maximum atomic E-state index is 13.2. The second-order valence-electron chi connectivity index (χ2n) is 3.63. The van der Waals surface area contributed by atoms with E-state index in [0.717, 1.165) is 30.5 Å². The Morgan fingerprint density at radius 3 is 2.21 bits per heavy atom. The molecule has 0 aliphatic carbocycles. The lowest BCUT2D eigenvalue weighted by Crippen LogP contribution is -1.98. The van der Waals surface area contributed by atoms with E-state index in [1.807, 2.05) is 0 Å². The van der Waals surface area contributed by atoms with Gasteiger partial charge < -0.3 is 0 Å². The summed E-state index contributed by atoms with van der Waals surface area (Å²) in [7, 11) is 0. The highest BCUT2D eigenvalue weighted by atomic mass is 19.1. The van der Waals surface area contributed by atoms with E-state index in [-0.39, 0.29) is 11.3 Å². The molecular formula is C13H8F4N2. The molecule has 0 bridgehead atoms. The van der Waals surface area contributed by atoms with E-state index in [1.165, 1.54) is 6.07 Å². The van der Waals surface area contributed by atoms with Crippen LogP contribution in [0.4, 0.5) is 23.2 Å². The molecule has 0 unspecified atom stereocenters. The summed E-state index contributed by atoms with van der Waals surface area (Å²) in [6.45, 7) is 0. The number of hydrazone groups is 1. The van der Waals surface area contributed by atoms with Crippen LogP contribution in [0.2, 0.25) is 0 Å². The van der Waals surface area contributed by atoms with Crippen molar-refractivity contribution in [1.29, 1.82) is 0 Å². The highest BCUT2D eigenvalue weighted by molar-refractivity contribution is 5.80. The summed E-state index contributed by atoms with van der Waals surface area (Å²) >= 11 is 0. The van der Waals surface area contributed by atoms with Gasteiger partial charge >= 0.3 is 0 Å². The van der Waals surface area contributed by atoms with Crippen molar-refractivity contribution in [2.24, 2.45) is 5.10 Å². The number of rotatable bonds is 3. The van der Waals surface area contributed by atoms with Crippen LogP contribution in [0.3, 0.4) is 0 Å². The molecule has 2 rings (SSSR count). The molecule has 0 amide bonds. The number of hydrogen-bond acceptors (Lipinski definition) is 2. The van der Waals surface area contributed by atoms with Crippen LogP contribution in [0, 0.1) is 23.3 Å². The molecule has 0 spiro atoms. The summed E-state index contributed by atoms with van der Waals surface area (Å²) in [5.74, 6) is -3.16. The van der Waals surface area contributed by atoms with Crippen LogP contribution < -0.4 is 5.43 Å². The van der Waals surface area contributed by atoms with Crippen LogP contribution in [0.15, 0.2) is 41.5 Å². The summed E-state index contributed by atoms with van der Waals surface area (Å²) in [6.07, 6.45) is 0.882. The minimum atomic E-state index is -0.855. The Hall–Kier alpha value is -2.37. The Morgan fingerprint density at radius 2 is 1.58 bits per heavy atom. The number of halogens is 4. The molecule has 0 radical (unpaired) electrons. The van der Waals surface area contributed by atoms with Gasteiger partial charge in [-0.2, -0.15) is 5.10 Å². The predicted octanol–water partition coefficient (Wildman–Crippen LogP) is 3.69. The highest BCUT2D eigenvalue weighted by Gasteiger charge is 2.05. The van der Waals surface area contributed by atoms with Crippen molar-refractivity contribution in [3.63, 3.8) is 0 Å². The Balaban J connectivity index is 2.16. The molecule has 0 atom stereocenters. The molecular weight excluding hydrogens is 260 g/mol. The molecule has 1 N–H and O–H groups in total. The maximum absolute atomic E-state index is 13.2. The van der Waals surface area contributed by atoms with Crippen molar-refractivity contribution in [2.75, 3.05) is 5.43 Å². The molecule has 0 aliphatic heterocycles. The highest BCUT2D eigenvalue weighted by Crippen LogP contribution is 2.15. The van der Waals surface area contributed by atoms with Crippen LogP contribution in [0.25, 0.3) is 0 Å². The van der Waals surface area contributed by atoms with Gasteiger partial charge in [0.2, 0.25) is 0 Å². The predicted molar refractivity (Wildman–Crippen MR) is 63.9 cm³/mol. The fourth-order valence-corrected chi connectivity index (χ4v) is 1.38. The van der Waals surface area contributed by atoms with Gasteiger partial charge in [0.25, 0.3) is 0 Å². The van der Waals surface area contributed by atoms with E-state index in [0.29, 0.717) is 6.07 Å². The average molecular weight is 268 g/mol. The number of hydrogen-bond donors (Lipinski definition) is 1. The summed E-state index contributed by atoms with van der Waals surface area (Å²) in [6, 6.07) is 6.19. The number of benzene rings is 2. The summed E-state index contributed by atoms with van der Waals surface area (Å²) < 4.78 is 52.3. The zero-order valence-electron chi connectivity index (χ0n) is 9.50. The molecule has 0 fully saturated rings. The molecule has 0 aromatic heterocycles. The van der Waals surface area contributed by atoms with E-state index in [1.54, 1.807) is 0 Å². The SMILES string of the molecule is Fc1ccc(NN=Cc2c(F)cccc2F)c(F)c1. The quantitative estimate of drug-likeness (QED) is 0.512. The van der Waals surface area contributed by atoms with Crippen molar-refractivity contribution in [1.82, 2.24) is 0 Å². The first-order chi connectivity index (χ1) is 9.08. The van der Waals surface area contributed by atoms with Crippen molar-refractivity contribution in [2.45, 2.75) is 0 Å². The standard InChI is InChI=1S/C13H8F4N2/c14-8-4-5-13(12(17)6-8)19-18-7-9-10(15)2-1-3-11(9)16/h1-7,19H. The fourth-order valence-electron chi connectivity index (χ4n) is 1.38. The van der Waals surface area contributed by atoms with Gasteiger partial charge in [-0.15, -0.1) is 0 Å². The average Bonchev–Trinajstić information content (AvgIpc) is 2.35. The Bertz CT molecular complexity index is 606. The molecule has 0 saturated heterocycles. The molecule has 2 aromatic carbocycles. The number of anilines is 1. The van der Waals surface area contributed by atoms with Gasteiger partial charge in [0.1, 0.15) is 17.5 Å². The Labute approximate surface area is 106 Å². The van der Waals surface area contributed by atoms with Crippen molar-refractivity contribution in [3.05, 3.63) is 65.2 Å². The third-order valence-electron chi connectivity index (χ3n) is 2.31. The van der Waals surface area contributed by atoms with E-state index in [2.05, 4.69) is 10.5 Å². The first-order valence-electron chi connectivity index (χ1n) is 5.26. The molecule has 2 nitrogen and oxygen atoms in total. The summed E-state index contributed by atoms with van der Waals surface area (Å²) in [5.41, 5.74) is 1.79. The van der Waals surface area contributed by atoms with Gasteiger partial charge in [0.05, 0.1) is 17.5 Å². The second kappa shape index (κ2) is 5.51. The molecule has 98 valence electrons. The van der Waals surface area contributed by atoms with Crippen LogP contribution in [0.5, 0.6) is 0 Å². The molecule has 2 aromatic rings. The Kier molecular flexibility index (Phi) is 3.79. The third-order valence-corrected chi connectivity index (χ3v) is 2.31. The van der Waals surface area contributed by atoms with Gasteiger partial charge in [-0.25, -0.2) is 17.6 Å². The molecule has 0 aliphatic rings. The third kappa shape index (κ3) is 3.09. The topological polar surface area (TPSA) is 24.4 Å². The first-order valence-corrected chi connectivity index (χ1v) is 5.26. The summed E-state index contributed by atoms with van der Waals surface area (Å²) in [4.78, 5) is 0. The van der Waals surface area contributed by atoms with Crippen molar-refractivity contribution >= 4 is 11.9 Å². The van der Waals surface area contributed by atoms with E-state index in [4.69, 9.17) is 0 Å². The smallest absolute Gasteiger partial charge is 0.151 e. The van der Waals surface area contributed by atoms with Gasteiger partial charge in [-0.3, -0.25) is 5.43 Å². The zero-order chi connectivity index (χ0) is 13.8. The van der Waals surface area contributed by atoms with Gasteiger partial charge in [-0.1, -0.05) is 6.07 Å². The van der Waals surface area contributed by atoms with Crippen molar-refractivity contribution < 1.29 is 17.6 Å². The Morgan fingerprint density at radius 1 is 0.895 bits per heavy atom. The summed E-state index contributed by atoms with van der Waals surface area (Å²) in [5, 5.41) is 3.51. The lowest BCUT2D eigenvalue weighted by Gasteiger charge is -2.02.